The number of halogens is 1. The average Bonchev–Trinajstić information content (AvgIpc) is 2.79. The summed E-state index contributed by atoms with van der Waals surface area (Å²) in [5.41, 5.74) is 7.96. The standard InChI is InChI=1S/C13H17FN4/c1-2-3-7-18-13(12(9-15)16-17-18)10-5-4-6-11(14)8-10/h4-6,8H,2-3,7,9,15H2,1H3. The van der Waals surface area contributed by atoms with Crippen LogP contribution in [0.3, 0.4) is 0 Å². The Kier molecular flexibility index (Phi) is 4.04. The predicted octanol–water partition coefficient (Wildman–Crippen LogP) is 2.34. The molecule has 4 nitrogen and oxygen atoms in total. The van der Waals surface area contributed by atoms with E-state index >= 15 is 0 Å². The Labute approximate surface area is 106 Å². The van der Waals surface area contributed by atoms with Crippen LogP contribution in [-0.2, 0) is 13.1 Å². The summed E-state index contributed by atoms with van der Waals surface area (Å²) < 4.78 is 15.1. The third-order valence-corrected chi connectivity index (χ3v) is 2.82. The van der Waals surface area contributed by atoms with E-state index in [9.17, 15) is 4.39 Å². The topological polar surface area (TPSA) is 56.7 Å². The van der Waals surface area contributed by atoms with Crippen LogP contribution in [0.25, 0.3) is 11.3 Å². The first-order valence-electron chi connectivity index (χ1n) is 6.14. The van der Waals surface area contributed by atoms with Crippen LogP contribution in [-0.4, -0.2) is 15.0 Å². The Morgan fingerprint density at radius 3 is 2.89 bits per heavy atom. The van der Waals surface area contributed by atoms with E-state index in [4.69, 9.17) is 5.73 Å². The van der Waals surface area contributed by atoms with Crippen LogP contribution in [0.1, 0.15) is 25.5 Å². The van der Waals surface area contributed by atoms with E-state index in [1.54, 1.807) is 10.7 Å². The van der Waals surface area contributed by atoms with Crippen molar-refractivity contribution >= 4 is 0 Å². The molecular weight excluding hydrogens is 231 g/mol. The average molecular weight is 248 g/mol. The van der Waals surface area contributed by atoms with E-state index in [2.05, 4.69) is 17.2 Å². The second kappa shape index (κ2) is 5.73. The van der Waals surface area contributed by atoms with E-state index in [1.807, 2.05) is 6.07 Å². The number of nitrogens with two attached hydrogens (primary N) is 1. The second-order valence-electron chi connectivity index (χ2n) is 4.18. The number of unbranched alkanes of at least 4 members (excludes halogenated alkanes) is 1. The molecule has 1 aromatic heterocycles. The van der Waals surface area contributed by atoms with E-state index in [0.717, 1.165) is 30.6 Å². The van der Waals surface area contributed by atoms with Gasteiger partial charge in [0.15, 0.2) is 0 Å². The molecule has 0 spiro atoms. The van der Waals surface area contributed by atoms with Crippen LogP contribution in [0.15, 0.2) is 24.3 Å². The highest BCUT2D eigenvalue weighted by Crippen LogP contribution is 2.23. The quantitative estimate of drug-likeness (QED) is 0.883. The SMILES string of the molecule is CCCCn1nnc(CN)c1-c1cccc(F)c1. The Balaban J connectivity index is 2.43. The van der Waals surface area contributed by atoms with Crippen LogP contribution in [0.5, 0.6) is 0 Å². The zero-order valence-electron chi connectivity index (χ0n) is 10.4. The first kappa shape index (κ1) is 12.7. The van der Waals surface area contributed by atoms with Gasteiger partial charge in [0.05, 0.1) is 5.69 Å². The number of nitrogens with zero attached hydrogens (tertiary/aromatic N) is 3. The molecule has 1 heterocycles. The summed E-state index contributed by atoms with van der Waals surface area (Å²) in [7, 11) is 0. The van der Waals surface area contributed by atoms with Crippen molar-refractivity contribution in [2.75, 3.05) is 0 Å². The van der Waals surface area contributed by atoms with Gasteiger partial charge in [-0.15, -0.1) is 5.10 Å². The normalized spacial score (nSPS) is 10.8. The largest absolute Gasteiger partial charge is 0.325 e. The Bertz CT molecular complexity index is 521. The molecule has 2 N–H and O–H groups in total. The molecule has 1 aromatic carbocycles. The van der Waals surface area contributed by atoms with Crippen molar-refractivity contribution in [3.8, 4) is 11.3 Å². The number of aromatic nitrogens is 3. The highest BCUT2D eigenvalue weighted by atomic mass is 19.1. The van der Waals surface area contributed by atoms with Crippen molar-refractivity contribution in [3.63, 3.8) is 0 Å². The monoisotopic (exact) mass is 248 g/mol. The molecule has 0 radical (unpaired) electrons. The molecule has 0 bridgehead atoms. The minimum atomic E-state index is -0.265. The van der Waals surface area contributed by atoms with E-state index < -0.39 is 0 Å². The Morgan fingerprint density at radius 2 is 2.22 bits per heavy atom. The number of hydrogen-bond acceptors (Lipinski definition) is 3. The molecule has 0 saturated heterocycles. The summed E-state index contributed by atoms with van der Waals surface area (Å²) in [5, 5.41) is 8.15. The molecule has 0 aliphatic heterocycles. The lowest BCUT2D eigenvalue weighted by molar-refractivity contribution is 0.557. The maximum Gasteiger partial charge on any atom is 0.123 e. The summed E-state index contributed by atoms with van der Waals surface area (Å²) >= 11 is 0. The fraction of sp³-hybridized carbons (Fsp3) is 0.385. The molecule has 96 valence electrons. The summed E-state index contributed by atoms with van der Waals surface area (Å²) in [5.74, 6) is -0.265. The van der Waals surface area contributed by atoms with Crippen molar-refractivity contribution < 1.29 is 4.39 Å². The number of benzene rings is 1. The van der Waals surface area contributed by atoms with Crippen molar-refractivity contribution in [3.05, 3.63) is 35.8 Å². The van der Waals surface area contributed by atoms with Gasteiger partial charge in [-0.25, -0.2) is 9.07 Å². The first-order valence-corrected chi connectivity index (χ1v) is 6.14. The van der Waals surface area contributed by atoms with Gasteiger partial charge in [0.25, 0.3) is 0 Å². The Morgan fingerprint density at radius 1 is 1.39 bits per heavy atom. The fourth-order valence-corrected chi connectivity index (χ4v) is 1.90. The van der Waals surface area contributed by atoms with Gasteiger partial charge in [-0.3, -0.25) is 0 Å². The molecule has 2 aromatic rings. The van der Waals surface area contributed by atoms with Gasteiger partial charge in [0.1, 0.15) is 11.5 Å². The lowest BCUT2D eigenvalue weighted by atomic mass is 10.1. The molecule has 0 amide bonds. The Hall–Kier alpha value is -1.75. The maximum absolute atomic E-state index is 13.3. The van der Waals surface area contributed by atoms with Gasteiger partial charge in [0.2, 0.25) is 0 Å². The zero-order valence-corrected chi connectivity index (χ0v) is 10.4. The van der Waals surface area contributed by atoms with Gasteiger partial charge in [-0.05, 0) is 18.6 Å². The second-order valence-corrected chi connectivity index (χ2v) is 4.18. The van der Waals surface area contributed by atoms with Crippen molar-refractivity contribution in [2.45, 2.75) is 32.9 Å². The minimum Gasteiger partial charge on any atom is -0.325 e. The lowest BCUT2D eigenvalue weighted by Crippen LogP contribution is -2.04. The molecule has 2 rings (SSSR count). The van der Waals surface area contributed by atoms with E-state index in [-0.39, 0.29) is 5.82 Å². The van der Waals surface area contributed by atoms with Crippen LogP contribution in [0.2, 0.25) is 0 Å². The summed E-state index contributed by atoms with van der Waals surface area (Å²) in [6.07, 6.45) is 2.08. The molecule has 0 aliphatic carbocycles. The maximum atomic E-state index is 13.3. The van der Waals surface area contributed by atoms with Crippen molar-refractivity contribution in [2.24, 2.45) is 5.73 Å². The number of hydrogen-bond donors (Lipinski definition) is 1. The van der Waals surface area contributed by atoms with Gasteiger partial charge < -0.3 is 5.73 Å². The molecule has 5 heteroatoms. The molecular formula is C13H17FN4. The zero-order chi connectivity index (χ0) is 13.0. The predicted molar refractivity (Wildman–Crippen MR) is 68.2 cm³/mol. The molecule has 0 fully saturated rings. The smallest absolute Gasteiger partial charge is 0.123 e. The van der Waals surface area contributed by atoms with Crippen LogP contribution >= 0.6 is 0 Å². The van der Waals surface area contributed by atoms with Crippen LogP contribution in [0.4, 0.5) is 4.39 Å². The number of aryl methyl sites for hydroxylation is 1. The summed E-state index contributed by atoms with van der Waals surface area (Å²) in [6.45, 7) is 3.19. The van der Waals surface area contributed by atoms with Crippen molar-refractivity contribution in [1.82, 2.24) is 15.0 Å². The molecule has 0 unspecified atom stereocenters. The summed E-state index contributed by atoms with van der Waals surface area (Å²) in [4.78, 5) is 0. The number of rotatable bonds is 5. The van der Waals surface area contributed by atoms with E-state index in [1.165, 1.54) is 12.1 Å². The van der Waals surface area contributed by atoms with Gasteiger partial charge in [-0.1, -0.05) is 30.7 Å². The minimum absolute atomic E-state index is 0.265. The van der Waals surface area contributed by atoms with Gasteiger partial charge in [-0.2, -0.15) is 0 Å². The summed E-state index contributed by atoms with van der Waals surface area (Å²) in [6, 6.07) is 6.44. The fourth-order valence-electron chi connectivity index (χ4n) is 1.90. The highest BCUT2D eigenvalue weighted by Gasteiger charge is 2.13. The lowest BCUT2D eigenvalue weighted by Gasteiger charge is -2.07. The third-order valence-electron chi connectivity index (χ3n) is 2.82. The first-order chi connectivity index (χ1) is 8.76. The molecule has 0 saturated carbocycles. The van der Waals surface area contributed by atoms with Crippen LogP contribution < -0.4 is 5.73 Å². The van der Waals surface area contributed by atoms with Crippen molar-refractivity contribution in [1.29, 1.82) is 0 Å². The molecule has 18 heavy (non-hydrogen) atoms. The van der Waals surface area contributed by atoms with Gasteiger partial charge >= 0.3 is 0 Å². The highest BCUT2D eigenvalue weighted by molar-refractivity contribution is 5.61. The third kappa shape index (κ3) is 2.56. The van der Waals surface area contributed by atoms with E-state index in [0.29, 0.717) is 12.2 Å². The van der Waals surface area contributed by atoms with Gasteiger partial charge in [0, 0.05) is 18.7 Å². The molecule has 0 aliphatic rings. The molecule has 0 atom stereocenters. The van der Waals surface area contributed by atoms with Crippen LogP contribution in [0, 0.1) is 5.82 Å².